The highest BCUT2D eigenvalue weighted by atomic mass is 16.6. The van der Waals surface area contributed by atoms with Gasteiger partial charge in [0.15, 0.2) is 0 Å². The van der Waals surface area contributed by atoms with E-state index in [9.17, 15) is 4.79 Å². The van der Waals surface area contributed by atoms with Crippen molar-refractivity contribution in [2.24, 2.45) is 0 Å². The summed E-state index contributed by atoms with van der Waals surface area (Å²) in [6.45, 7) is 4.24. The lowest BCUT2D eigenvalue weighted by atomic mass is 10.2. The molecule has 0 aromatic heterocycles. The smallest absolute Gasteiger partial charge is 0.410 e. The molecule has 15 heavy (non-hydrogen) atoms. The van der Waals surface area contributed by atoms with Crippen LogP contribution < -0.4 is 5.32 Å². The molecule has 2 aliphatic rings. The van der Waals surface area contributed by atoms with E-state index >= 15 is 0 Å². The Morgan fingerprint density at radius 2 is 2.27 bits per heavy atom. The number of amides is 1. The van der Waals surface area contributed by atoms with Gasteiger partial charge in [-0.05, 0) is 39.2 Å². The lowest BCUT2D eigenvalue weighted by molar-refractivity contribution is 0.101. The fraction of sp³-hybridized carbons (Fsp3) is 0.909. The first-order chi connectivity index (χ1) is 7.31. The van der Waals surface area contributed by atoms with Crippen LogP contribution >= 0.6 is 0 Å². The van der Waals surface area contributed by atoms with E-state index in [2.05, 4.69) is 5.32 Å². The van der Waals surface area contributed by atoms with Gasteiger partial charge < -0.3 is 15.0 Å². The van der Waals surface area contributed by atoms with E-state index < -0.39 is 0 Å². The van der Waals surface area contributed by atoms with Gasteiger partial charge in [0.1, 0.15) is 0 Å². The Balaban J connectivity index is 1.84. The van der Waals surface area contributed by atoms with Gasteiger partial charge in [0.25, 0.3) is 0 Å². The van der Waals surface area contributed by atoms with E-state index in [1.807, 2.05) is 11.8 Å². The minimum atomic E-state index is -0.131. The number of carbonyl (C=O) groups excluding carboxylic acids is 1. The largest absolute Gasteiger partial charge is 0.450 e. The first kappa shape index (κ1) is 10.7. The van der Waals surface area contributed by atoms with Crippen LogP contribution in [0.25, 0.3) is 0 Å². The zero-order valence-corrected chi connectivity index (χ0v) is 9.37. The Hall–Kier alpha value is -0.770. The summed E-state index contributed by atoms with van der Waals surface area (Å²) >= 11 is 0. The van der Waals surface area contributed by atoms with Crippen LogP contribution in [-0.4, -0.2) is 42.8 Å². The number of carbonyl (C=O) groups is 1. The Morgan fingerprint density at radius 3 is 2.80 bits per heavy atom. The standard InChI is InChI=1S/C11H20N2O2/c1-2-15-11(14)13(10-5-6-10)8-9-4-3-7-12-9/h9-10,12H,2-8H2,1H3. The van der Waals surface area contributed by atoms with Crippen LogP contribution in [0.1, 0.15) is 32.6 Å². The molecule has 2 rings (SSSR count). The molecule has 0 spiro atoms. The molecule has 1 aliphatic carbocycles. The number of hydrogen-bond acceptors (Lipinski definition) is 3. The first-order valence-electron chi connectivity index (χ1n) is 5.98. The number of hydrogen-bond donors (Lipinski definition) is 1. The average Bonchev–Trinajstić information content (AvgIpc) is 2.93. The van der Waals surface area contributed by atoms with Crippen molar-refractivity contribution in [1.82, 2.24) is 10.2 Å². The summed E-state index contributed by atoms with van der Waals surface area (Å²) in [6.07, 6.45) is 4.57. The first-order valence-corrected chi connectivity index (χ1v) is 5.98. The van der Waals surface area contributed by atoms with Gasteiger partial charge in [-0.15, -0.1) is 0 Å². The molecule has 4 heteroatoms. The summed E-state index contributed by atoms with van der Waals surface area (Å²) in [6, 6.07) is 0.932. The van der Waals surface area contributed by atoms with Gasteiger partial charge in [-0.3, -0.25) is 0 Å². The number of ether oxygens (including phenoxy) is 1. The highest BCUT2D eigenvalue weighted by molar-refractivity contribution is 5.68. The summed E-state index contributed by atoms with van der Waals surface area (Å²) in [5.41, 5.74) is 0. The zero-order valence-electron chi connectivity index (χ0n) is 9.37. The van der Waals surface area contributed by atoms with E-state index in [-0.39, 0.29) is 6.09 Å². The Labute approximate surface area is 91.0 Å². The van der Waals surface area contributed by atoms with Crippen LogP contribution in [-0.2, 0) is 4.74 Å². The molecule has 1 unspecified atom stereocenters. The van der Waals surface area contributed by atoms with Crippen molar-refractivity contribution in [1.29, 1.82) is 0 Å². The topological polar surface area (TPSA) is 41.6 Å². The van der Waals surface area contributed by atoms with E-state index in [0.717, 1.165) is 25.9 Å². The van der Waals surface area contributed by atoms with Crippen LogP contribution in [0.5, 0.6) is 0 Å². The summed E-state index contributed by atoms with van der Waals surface area (Å²) in [5, 5.41) is 3.42. The van der Waals surface area contributed by atoms with Crippen molar-refractivity contribution in [3.63, 3.8) is 0 Å². The second-order valence-electron chi connectivity index (χ2n) is 4.38. The highest BCUT2D eigenvalue weighted by Crippen LogP contribution is 2.28. The predicted octanol–water partition coefficient (Wildman–Crippen LogP) is 1.36. The molecular weight excluding hydrogens is 192 g/mol. The molecule has 0 aromatic carbocycles. The van der Waals surface area contributed by atoms with Crippen LogP contribution in [0.4, 0.5) is 4.79 Å². The second-order valence-corrected chi connectivity index (χ2v) is 4.38. The lowest BCUT2D eigenvalue weighted by Gasteiger charge is -2.24. The lowest BCUT2D eigenvalue weighted by Crippen LogP contribution is -2.42. The molecular formula is C11H20N2O2. The van der Waals surface area contributed by atoms with Gasteiger partial charge in [-0.2, -0.15) is 0 Å². The molecule has 1 saturated heterocycles. The minimum Gasteiger partial charge on any atom is -0.450 e. The molecule has 4 nitrogen and oxygen atoms in total. The number of rotatable bonds is 4. The third-order valence-electron chi connectivity index (χ3n) is 3.07. The molecule has 1 saturated carbocycles. The van der Waals surface area contributed by atoms with Gasteiger partial charge in [0.05, 0.1) is 6.61 Å². The fourth-order valence-electron chi connectivity index (χ4n) is 2.12. The molecule has 1 heterocycles. The molecule has 0 aromatic rings. The normalized spacial score (nSPS) is 25.3. The van der Waals surface area contributed by atoms with Gasteiger partial charge >= 0.3 is 6.09 Å². The van der Waals surface area contributed by atoms with Gasteiger partial charge in [0.2, 0.25) is 0 Å². The van der Waals surface area contributed by atoms with Crippen LogP contribution in [0.2, 0.25) is 0 Å². The van der Waals surface area contributed by atoms with Crippen molar-refractivity contribution in [3.05, 3.63) is 0 Å². The quantitative estimate of drug-likeness (QED) is 0.765. The van der Waals surface area contributed by atoms with Gasteiger partial charge in [-0.1, -0.05) is 0 Å². The maximum Gasteiger partial charge on any atom is 0.410 e. The number of nitrogens with one attached hydrogen (secondary N) is 1. The molecule has 1 N–H and O–H groups in total. The van der Waals surface area contributed by atoms with Crippen molar-refractivity contribution in [2.75, 3.05) is 19.7 Å². The van der Waals surface area contributed by atoms with Crippen LogP contribution in [0.15, 0.2) is 0 Å². The molecule has 1 aliphatic heterocycles. The average molecular weight is 212 g/mol. The van der Waals surface area contributed by atoms with Gasteiger partial charge in [0, 0.05) is 18.6 Å². The zero-order chi connectivity index (χ0) is 10.7. The van der Waals surface area contributed by atoms with Crippen LogP contribution in [0.3, 0.4) is 0 Å². The summed E-state index contributed by atoms with van der Waals surface area (Å²) < 4.78 is 5.07. The molecule has 1 amide bonds. The molecule has 0 bridgehead atoms. The fourth-order valence-corrected chi connectivity index (χ4v) is 2.12. The summed E-state index contributed by atoms with van der Waals surface area (Å²) in [4.78, 5) is 13.6. The van der Waals surface area contributed by atoms with E-state index in [0.29, 0.717) is 18.7 Å². The molecule has 2 fully saturated rings. The summed E-state index contributed by atoms with van der Waals surface area (Å²) in [7, 11) is 0. The SMILES string of the molecule is CCOC(=O)N(CC1CCCN1)C1CC1. The molecule has 0 radical (unpaired) electrons. The van der Waals surface area contributed by atoms with Crippen LogP contribution in [0, 0.1) is 0 Å². The van der Waals surface area contributed by atoms with Crippen molar-refractivity contribution >= 4 is 6.09 Å². The monoisotopic (exact) mass is 212 g/mol. The van der Waals surface area contributed by atoms with Crippen molar-refractivity contribution in [3.8, 4) is 0 Å². The minimum absolute atomic E-state index is 0.131. The second kappa shape index (κ2) is 4.84. The van der Waals surface area contributed by atoms with Crippen molar-refractivity contribution < 1.29 is 9.53 Å². The van der Waals surface area contributed by atoms with Gasteiger partial charge in [-0.25, -0.2) is 4.79 Å². The Kier molecular flexibility index (Phi) is 3.46. The van der Waals surface area contributed by atoms with E-state index in [1.54, 1.807) is 0 Å². The third kappa shape index (κ3) is 2.84. The Bertz CT molecular complexity index is 223. The Morgan fingerprint density at radius 1 is 1.47 bits per heavy atom. The molecule has 1 atom stereocenters. The van der Waals surface area contributed by atoms with Crippen molar-refractivity contribution in [2.45, 2.75) is 44.7 Å². The third-order valence-corrected chi connectivity index (χ3v) is 3.07. The maximum atomic E-state index is 11.7. The maximum absolute atomic E-state index is 11.7. The predicted molar refractivity (Wildman–Crippen MR) is 57.8 cm³/mol. The highest BCUT2D eigenvalue weighted by Gasteiger charge is 2.35. The summed E-state index contributed by atoms with van der Waals surface area (Å²) in [5.74, 6) is 0. The van der Waals surface area contributed by atoms with E-state index in [1.165, 1.54) is 12.8 Å². The molecule has 86 valence electrons. The van der Waals surface area contributed by atoms with E-state index in [4.69, 9.17) is 4.74 Å². The number of nitrogens with zero attached hydrogens (tertiary/aromatic N) is 1.